The van der Waals surface area contributed by atoms with E-state index in [4.69, 9.17) is 9.47 Å². The first-order chi connectivity index (χ1) is 10.7. The molecule has 0 aromatic heterocycles. The van der Waals surface area contributed by atoms with E-state index in [1.807, 2.05) is 12.1 Å². The molecule has 0 bridgehead atoms. The second-order valence-electron chi connectivity index (χ2n) is 4.45. The van der Waals surface area contributed by atoms with Gasteiger partial charge in [0, 0.05) is 11.1 Å². The molecule has 0 aliphatic carbocycles. The third kappa shape index (κ3) is 3.15. The molecule has 0 atom stereocenters. The van der Waals surface area contributed by atoms with E-state index in [1.54, 1.807) is 42.5 Å². The number of Topliss-reactive ketones (excluding diaryl/α,β-unsaturated/α-hetero) is 1. The number of methoxy groups -OCH3 is 2. The molecule has 0 spiro atoms. The fourth-order valence-corrected chi connectivity index (χ4v) is 2.07. The highest BCUT2D eigenvalue weighted by atomic mass is 16.5. The Labute approximate surface area is 129 Å². The number of carbonyl (C=O) groups excluding carboxylic acids is 1. The van der Waals surface area contributed by atoms with Gasteiger partial charge in [0.2, 0.25) is 5.78 Å². The van der Waals surface area contributed by atoms with E-state index < -0.39 is 0 Å². The third-order valence-corrected chi connectivity index (χ3v) is 3.13. The predicted octanol–water partition coefficient (Wildman–Crippen LogP) is 3.49. The van der Waals surface area contributed by atoms with E-state index in [0.717, 1.165) is 0 Å². The van der Waals surface area contributed by atoms with Crippen molar-refractivity contribution in [1.82, 2.24) is 0 Å². The maximum atomic E-state index is 12.4. The van der Waals surface area contributed by atoms with Crippen molar-refractivity contribution in [3.05, 3.63) is 65.2 Å². The number of ether oxygens (including phenoxy) is 2. The van der Waals surface area contributed by atoms with E-state index in [2.05, 4.69) is 0 Å². The largest absolute Gasteiger partial charge is 0.493 e. The molecule has 0 aliphatic heterocycles. The minimum Gasteiger partial charge on any atom is -0.493 e. The van der Waals surface area contributed by atoms with Gasteiger partial charge >= 0.3 is 0 Å². The van der Waals surface area contributed by atoms with Crippen molar-refractivity contribution >= 4 is 11.9 Å². The van der Waals surface area contributed by atoms with E-state index >= 15 is 0 Å². The molecule has 0 fully saturated rings. The first-order valence-electron chi connectivity index (χ1n) is 6.63. The molecule has 0 saturated carbocycles. The molecule has 2 aromatic carbocycles. The molecule has 2 rings (SSSR count). The number of rotatable bonds is 5. The van der Waals surface area contributed by atoms with E-state index in [9.17, 15) is 10.1 Å². The van der Waals surface area contributed by atoms with Crippen molar-refractivity contribution in [2.45, 2.75) is 0 Å². The molecule has 0 unspecified atom stereocenters. The quantitative estimate of drug-likeness (QED) is 0.481. The van der Waals surface area contributed by atoms with Crippen LogP contribution in [0.5, 0.6) is 11.5 Å². The number of hydrogen-bond donors (Lipinski definition) is 0. The van der Waals surface area contributed by atoms with Crippen molar-refractivity contribution in [2.24, 2.45) is 0 Å². The summed E-state index contributed by atoms with van der Waals surface area (Å²) in [5.41, 5.74) is 1.12. The summed E-state index contributed by atoms with van der Waals surface area (Å²) in [7, 11) is 3.05. The number of nitriles is 1. The predicted molar refractivity (Wildman–Crippen MR) is 83.9 cm³/mol. The summed E-state index contributed by atoms with van der Waals surface area (Å²) in [6.45, 7) is 0. The van der Waals surface area contributed by atoms with Crippen LogP contribution in [0.15, 0.2) is 54.1 Å². The Morgan fingerprint density at radius 2 is 1.77 bits per heavy atom. The Bertz CT molecular complexity index is 743. The number of allylic oxidation sites excluding steroid dienone is 1. The molecular formula is C18H15NO3. The van der Waals surface area contributed by atoms with Crippen LogP contribution >= 0.6 is 0 Å². The van der Waals surface area contributed by atoms with Crippen molar-refractivity contribution in [1.29, 1.82) is 5.26 Å². The molecule has 0 radical (unpaired) electrons. The van der Waals surface area contributed by atoms with Gasteiger partial charge in [-0.2, -0.15) is 5.26 Å². The normalized spacial score (nSPS) is 10.7. The first kappa shape index (κ1) is 15.3. The lowest BCUT2D eigenvalue weighted by atomic mass is 10.0. The fourth-order valence-electron chi connectivity index (χ4n) is 2.07. The molecule has 22 heavy (non-hydrogen) atoms. The van der Waals surface area contributed by atoms with E-state index in [0.29, 0.717) is 22.6 Å². The topological polar surface area (TPSA) is 59.3 Å². The Morgan fingerprint density at radius 3 is 2.36 bits per heavy atom. The minimum absolute atomic E-state index is 0.0396. The van der Waals surface area contributed by atoms with Crippen LogP contribution in [-0.4, -0.2) is 20.0 Å². The fraction of sp³-hybridized carbons (Fsp3) is 0.111. The van der Waals surface area contributed by atoms with Crippen LogP contribution in [0.1, 0.15) is 15.9 Å². The van der Waals surface area contributed by atoms with Crippen molar-refractivity contribution < 1.29 is 14.3 Å². The summed E-state index contributed by atoms with van der Waals surface area (Å²) in [5, 5.41) is 9.30. The van der Waals surface area contributed by atoms with Crippen LogP contribution in [0.4, 0.5) is 0 Å². The van der Waals surface area contributed by atoms with Gasteiger partial charge in [-0.05, 0) is 12.1 Å². The summed E-state index contributed by atoms with van der Waals surface area (Å²) >= 11 is 0. The molecular weight excluding hydrogens is 278 g/mol. The maximum Gasteiger partial charge on any atom is 0.203 e. The average molecular weight is 293 g/mol. The lowest BCUT2D eigenvalue weighted by Crippen LogP contribution is -2.02. The number of ketones is 1. The molecule has 4 nitrogen and oxygen atoms in total. The zero-order valence-electron chi connectivity index (χ0n) is 12.4. The van der Waals surface area contributed by atoms with Gasteiger partial charge in [-0.15, -0.1) is 0 Å². The monoisotopic (exact) mass is 293 g/mol. The Hall–Kier alpha value is -3.06. The second kappa shape index (κ2) is 7.09. The molecule has 0 amide bonds. The van der Waals surface area contributed by atoms with Gasteiger partial charge in [0.1, 0.15) is 11.6 Å². The summed E-state index contributed by atoms with van der Waals surface area (Å²) in [4.78, 5) is 12.4. The Kier molecular flexibility index (Phi) is 4.94. The van der Waals surface area contributed by atoms with Crippen molar-refractivity contribution in [3.8, 4) is 17.6 Å². The van der Waals surface area contributed by atoms with Crippen molar-refractivity contribution in [3.63, 3.8) is 0 Å². The minimum atomic E-state index is -0.326. The van der Waals surface area contributed by atoms with Gasteiger partial charge in [0.15, 0.2) is 11.5 Å². The van der Waals surface area contributed by atoms with E-state index in [-0.39, 0.29) is 11.4 Å². The summed E-state index contributed by atoms with van der Waals surface area (Å²) < 4.78 is 10.5. The number of carbonyl (C=O) groups is 1. The van der Waals surface area contributed by atoms with E-state index in [1.165, 1.54) is 20.3 Å². The summed E-state index contributed by atoms with van der Waals surface area (Å²) in [5.74, 6) is 0.701. The highest BCUT2D eigenvalue weighted by Gasteiger charge is 2.14. The number of hydrogen-bond acceptors (Lipinski definition) is 4. The van der Waals surface area contributed by atoms with Crippen LogP contribution in [0, 0.1) is 11.3 Å². The van der Waals surface area contributed by atoms with Gasteiger partial charge < -0.3 is 9.47 Å². The molecule has 0 saturated heterocycles. The highest BCUT2D eigenvalue weighted by molar-refractivity contribution is 6.14. The standard InChI is InChI=1S/C18H15NO3/c1-21-16-10-6-9-14(18(16)22-2)11-15(12-19)17(20)13-7-4-3-5-8-13/h3-11H,1-2H3/b15-11+. The second-order valence-corrected chi connectivity index (χ2v) is 4.45. The molecule has 110 valence electrons. The van der Waals surface area contributed by atoms with Gasteiger partial charge in [-0.1, -0.05) is 42.5 Å². The zero-order valence-corrected chi connectivity index (χ0v) is 12.4. The number of para-hydroxylation sites is 1. The van der Waals surface area contributed by atoms with Crippen LogP contribution in [0.2, 0.25) is 0 Å². The lowest BCUT2D eigenvalue weighted by Gasteiger charge is -2.10. The Balaban J connectivity index is 2.47. The zero-order chi connectivity index (χ0) is 15.9. The first-order valence-corrected chi connectivity index (χ1v) is 6.63. The van der Waals surface area contributed by atoms with Gasteiger partial charge in [-0.3, -0.25) is 4.79 Å². The molecule has 0 N–H and O–H groups in total. The maximum absolute atomic E-state index is 12.4. The summed E-state index contributed by atoms with van der Waals surface area (Å²) in [6, 6.07) is 15.9. The van der Waals surface area contributed by atoms with Crippen LogP contribution < -0.4 is 9.47 Å². The van der Waals surface area contributed by atoms with Gasteiger partial charge in [0.05, 0.1) is 14.2 Å². The SMILES string of the molecule is COc1cccc(/C=C(\C#N)C(=O)c2ccccc2)c1OC. The molecule has 4 heteroatoms. The third-order valence-electron chi connectivity index (χ3n) is 3.13. The van der Waals surface area contributed by atoms with Gasteiger partial charge in [-0.25, -0.2) is 0 Å². The Morgan fingerprint density at radius 1 is 1.05 bits per heavy atom. The molecule has 2 aromatic rings. The molecule has 0 heterocycles. The van der Waals surface area contributed by atoms with Crippen LogP contribution in [0.3, 0.4) is 0 Å². The lowest BCUT2D eigenvalue weighted by molar-refractivity contribution is 0.104. The van der Waals surface area contributed by atoms with Crippen LogP contribution in [-0.2, 0) is 0 Å². The van der Waals surface area contributed by atoms with Gasteiger partial charge in [0.25, 0.3) is 0 Å². The number of nitrogens with zero attached hydrogens (tertiary/aromatic N) is 1. The van der Waals surface area contributed by atoms with Crippen molar-refractivity contribution in [2.75, 3.05) is 14.2 Å². The highest BCUT2D eigenvalue weighted by Crippen LogP contribution is 2.32. The molecule has 0 aliphatic rings. The average Bonchev–Trinajstić information content (AvgIpc) is 2.59. The smallest absolute Gasteiger partial charge is 0.203 e. The number of benzene rings is 2. The van der Waals surface area contributed by atoms with Crippen LogP contribution in [0.25, 0.3) is 6.08 Å². The summed E-state index contributed by atoms with van der Waals surface area (Å²) in [6.07, 6.45) is 1.51.